The molecule has 0 spiro atoms. The first-order valence-corrected chi connectivity index (χ1v) is 7.28. The second-order valence-corrected chi connectivity index (χ2v) is 5.84. The van der Waals surface area contributed by atoms with Gasteiger partial charge in [0, 0.05) is 10.4 Å². The lowest BCUT2D eigenvalue weighted by molar-refractivity contribution is 0.409. The smallest absolute Gasteiger partial charge is 0.122 e. The lowest BCUT2D eigenvalue weighted by Crippen LogP contribution is -2.00. The van der Waals surface area contributed by atoms with Crippen LogP contribution < -0.4 is 4.74 Å². The Kier molecular flexibility index (Phi) is 4.35. The molecule has 1 aromatic heterocycles. The zero-order valence-corrected chi connectivity index (χ0v) is 13.4. The number of benzene rings is 1. The van der Waals surface area contributed by atoms with Gasteiger partial charge in [0.1, 0.15) is 17.3 Å². The maximum atomic E-state index is 5.70. The molecule has 19 heavy (non-hydrogen) atoms. The highest BCUT2D eigenvalue weighted by Gasteiger charge is 2.20. The predicted molar refractivity (Wildman–Crippen MR) is 81.3 cm³/mol. The van der Waals surface area contributed by atoms with Gasteiger partial charge in [-0.25, -0.2) is 0 Å². The Morgan fingerprint density at radius 3 is 2.42 bits per heavy atom. The third-order valence-electron chi connectivity index (χ3n) is 3.52. The van der Waals surface area contributed by atoms with Crippen LogP contribution in [0.4, 0.5) is 0 Å². The number of furan rings is 1. The summed E-state index contributed by atoms with van der Waals surface area (Å²) in [6.07, 6.45) is 0.880. The Hall–Kier alpha value is -1.22. The van der Waals surface area contributed by atoms with Crippen molar-refractivity contribution < 1.29 is 9.15 Å². The van der Waals surface area contributed by atoms with E-state index in [0.29, 0.717) is 0 Å². The summed E-state index contributed by atoms with van der Waals surface area (Å²) < 4.78 is 11.1. The van der Waals surface area contributed by atoms with E-state index in [1.54, 1.807) is 7.11 Å². The number of halogens is 1. The normalized spacial score (nSPS) is 12.5. The van der Waals surface area contributed by atoms with Crippen molar-refractivity contribution >= 4 is 15.9 Å². The average Bonchev–Trinajstić information content (AvgIpc) is 2.64. The Morgan fingerprint density at radius 1 is 1.16 bits per heavy atom. The van der Waals surface area contributed by atoms with E-state index in [-0.39, 0.29) is 4.83 Å². The Bertz CT molecular complexity index is 572. The zero-order chi connectivity index (χ0) is 14.0. The lowest BCUT2D eigenvalue weighted by atomic mass is 10.0. The molecule has 0 bridgehead atoms. The van der Waals surface area contributed by atoms with Crippen molar-refractivity contribution in [2.75, 3.05) is 7.11 Å². The van der Waals surface area contributed by atoms with E-state index in [1.165, 1.54) is 16.7 Å². The van der Waals surface area contributed by atoms with Crippen LogP contribution in [-0.2, 0) is 6.42 Å². The van der Waals surface area contributed by atoms with Crippen LogP contribution in [0.1, 0.15) is 33.0 Å². The van der Waals surface area contributed by atoms with E-state index in [4.69, 9.17) is 9.15 Å². The summed E-state index contributed by atoms with van der Waals surface area (Å²) in [5, 5.41) is 0. The maximum absolute atomic E-state index is 5.70. The Morgan fingerprint density at radius 2 is 1.84 bits per heavy atom. The lowest BCUT2D eigenvalue weighted by Gasteiger charge is -2.13. The highest BCUT2D eigenvalue weighted by molar-refractivity contribution is 9.09. The Labute approximate surface area is 122 Å². The third kappa shape index (κ3) is 2.86. The van der Waals surface area contributed by atoms with Crippen LogP contribution in [0.25, 0.3) is 0 Å². The van der Waals surface area contributed by atoms with Crippen LogP contribution >= 0.6 is 15.9 Å². The largest absolute Gasteiger partial charge is 0.496 e. The van der Waals surface area contributed by atoms with Crippen LogP contribution in [0.15, 0.2) is 28.7 Å². The van der Waals surface area contributed by atoms with E-state index >= 15 is 0 Å². The van der Waals surface area contributed by atoms with Gasteiger partial charge in [0.25, 0.3) is 0 Å². The van der Waals surface area contributed by atoms with Gasteiger partial charge in [0.15, 0.2) is 0 Å². The third-order valence-corrected chi connectivity index (χ3v) is 4.30. The monoisotopic (exact) mass is 322 g/mol. The zero-order valence-electron chi connectivity index (χ0n) is 11.8. The summed E-state index contributed by atoms with van der Waals surface area (Å²) in [6, 6.07) is 8.13. The molecule has 0 aliphatic carbocycles. The van der Waals surface area contributed by atoms with Gasteiger partial charge in [-0.3, -0.25) is 0 Å². The molecule has 0 saturated carbocycles. The van der Waals surface area contributed by atoms with Crippen LogP contribution in [0.3, 0.4) is 0 Å². The number of hydrogen-bond donors (Lipinski definition) is 0. The molecular weight excluding hydrogens is 304 g/mol. The first-order chi connectivity index (χ1) is 9.04. The molecule has 0 N–H and O–H groups in total. The molecule has 102 valence electrons. The molecule has 0 saturated heterocycles. The minimum absolute atomic E-state index is 0.237. The van der Waals surface area contributed by atoms with Gasteiger partial charge >= 0.3 is 0 Å². The van der Waals surface area contributed by atoms with Gasteiger partial charge in [-0.1, -0.05) is 34.1 Å². The molecule has 2 nitrogen and oxygen atoms in total. The quantitative estimate of drug-likeness (QED) is 0.747. The highest BCUT2D eigenvalue weighted by Crippen LogP contribution is 2.36. The van der Waals surface area contributed by atoms with Gasteiger partial charge in [-0.15, -0.1) is 0 Å². The summed E-state index contributed by atoms with van der Waals surface area (Å²) in [6.45, 7) is 6.14. The molecule has 1 heterocycles. The molecule has 0 aliphatic heterocycles. The van der Waals surface area contributed by atoms with Crippen molar-refractivity contribution in [3.05, 3.63) is 52.5 Å². The van der Waals surface area contributed by atoms with Crippen molar-refractivity contribution in [2.45, 2.75) is 32.0 Å². The summed E-state index contributed by atoms with van der Waals surface area (Å²) in [5.41, 5.74) is 3.68. The van der Waals surface area contributed by atoms with Crippen molar-refractivity contribution in [3.63, 3.8) is 0 Å². The SMILES string of the molecule is COc1ccccc1CC(Br)c1c(C)oc(C)c1C. The molecule has 1 atom stereocenters. The van der Waals surface area contributed by atoms with E-state index in [2.05, 4.69) is 28.9 Å². The van der Waals surface area contributed by atoms with E-state index < -0.39 is 0 Å². The first-order valence-electron chi connectivity index (χ1n) is 6.37. The van der Waals surface area contributed by atoms with Crippen molar-refractivity contribution in [2.24, 2.45) is 0 Å². The number of rotatable bonds is 4. The summed E-state index contributed by atoms with van der Waals surface area (Å²) in [7, 11) is 1.71. The number of ether oxygens (including phenoxy) is 1. The van der Waals surface area contributed by atoms with Gasteiger partial charge in [-0.05, 0) is 44.4 Å². The fraction of sp³-hybridized carbons (Fsp3) is 0.375. The number of aryl methyl sites for hydroxylation is 2. The second-order valence-electron chi connectivity index (χ2n) is 4.74. The number of hydrogen-bond acceptors (Lipinski definition) is 2. The molecular formula is C16H19BrO2. The molecule has 3 heteroatoms. The molecule has 1 unspecified atom stereocenters. The molecule has 0 aliphatic rings. The van der Waals surface area contributed by atoms with Crippen LogP contribution in [0.5, 0.6) is 5.75 Å². The average molecular weight is 323 g/mol. The molecule has 0 radical (unpaired) electrons. The molecule has 1 aromatic carbocycles. The van der Waals surface area contributed by atoms with E-state index in [9.17, 15) is 0 Å². The topological polar surface area (TPSA) is 22.4 Å². The predicted octanol–water partition coefficient (Wildman–Crippen LogP) is 4.89. The van der Waals surface area contributed by atoms with Crippen molar-refractivity contribution in [1.82, 2.24) is 0 Å². The van der Waals surface area contributed by atoms with Gasteiger partial charge in [-0.2, -0.15) is 0 Å². The van der Waals surface area contributed by atoms with Crippen molar-refractivity contribution in [1.29, 1.82) is 0 Å². The molecule has 2 rings (SSSR count). The van der Waals surface area contributed by atoms with Gasteiger partial charge < -0.3 is 9.15 Å². The number of alkyl halides is 1. The van der Waals surface area contributed by atoms with Crippen molar-refractivity contribution in [3.8, 4) is 5.75 Å². The van der Waals surface area contributed by atoms with Crippen LogP contribution in [0.2, 0.25) is 0 Å². The Balaban J connectivity index is 2.28. The van der Waals surface area contributed by atoms with Gasteiger partial charge in [0.2, 0.25) is 0 Å². The second kappa shape index (κ2) is 5.83. The van der Waals surface area contributed by atoms with Crippen LogP contribution in [0, 0.1) is 20.8 Å². The number of methoxy groups -OCH3 is 1. The summed E-state index contributed by atoms with van der Waals surface area (Å²) in [4.78, 5) is 0.237. The van der Waals surface area contributed by atoms with Gasteiger partial charge in [0.05, 0.1) is 7.11 Å². The van der Waals surface area contributed by atoms with E-state index in [0.717, 1.165) is 23.7 Å². The fourth-order valence-corrected chi connectivity index (χ4v) is 3.45. The highest BCUT2D eigenvalue weighted by atomic mass is 79.9. The minimum atomic E-state index is 0.237. The minimum Gasteiger partial charge on any atom is -0.496 e. The fourth-order valence-electron chi connectivity index (χ4n) is 2.44. The maximum Gasteiger partial charge on any atom is 0.122 e. The standard InChI is InChI=1S/C16H19BrO2/c1-10-11(2)19-12(3)16(10)14(17)9-13-7-5-6-8-15(13)18-4/h5-8,14H,9H2,1-4H3. The number of para-hydroxylation sites is 1. The van der Waals surface area contributed by atoms with E-state index in [1.807, 2.05) is 32.0 Å². The molecule has 0 fully saturated rings. The summed E-state index contributed by atoms with van der Waals surface area (Å²) >= 11 is 3.79. The first kappa shape index (κ1) is 14.2. The molecule has 0 amide bonds. The van der Waals surface area contributed by atoms with Crippen LogP contribution in [-0.4, -0.2) is 7.11 Å². The molecule has 2 aromatic rings. The summed E-state index contributed by atoms with van der Waals surface area (Å²) in [5.74, 6) is 2.92.